The quantitative estimate of drug-likeness (QED) is 0.830. The first kappa shape index (κ1) is 18.6. The molecule has 1 aliphatic heterocycles. The number of hydrogen-bond donors (Lipinski definition) is 0. The smallest absolute Gasteiger partial charge is 0.254 e. The van der Waals surface area contributed by atoms with Gasteiger partial charge in [0.2, 0.25) is 0 Å². The first-order valence-corrected chi connectivity index (χ1v) is 8.62. The summed E-state index contributed by atoms with van der Waals surface area (Å²) in [5, 5.41) is 0. The zero-order valence-electron chi connectivity index (χ0n) is 15.8. The maximum absolute atomic E-state index is 12.9. The molecule has 1 heterocycles. The molecule has 0 N–H and O–H groups in total. The second kappa shape index (κ2) is 7.88. The summed E-state index contributed by atoms with van der Waals surface area (Å²) in [6.07, 6.45) is 2.03. The average Bonchev–Trinajstić information content (AvgIpc) is 2.60. The van der Waals surface area contributed by atoms with Gasteiger partial charge in [-0.2, -0.15) is 0 Å². The van der Waals surface area contributed by atoms with E-state index < -0.39 is 0 Å². The van der Waals surface area contributed by atoms with Crippen molar-refractivity contribution in [3.63, 3.8) is 0 Å². The van der Waals surface area contributed by atoms with Crippen molar-refractivity contribution in [3.05, 3.63) is 23.3 Å². The van der Waals surface area contributed by atoms with E-state index in [1.807, 2.05) is 18.9 Å². The molecule has 1 fully saturated rings. The second-order valence-corrected chi connectivity index (χ2v) is 6.78. The standard InChI is InChI=1S/C19H30N2O3/c1-13(2)21-9-7-16(8-10-21)20(4)19(22)15-11-17(23-5)14(3)18(12-15)24-6/h11-13,16H,7-10H2,1-6H3. The maximum Gasteiger partial charge on any atom is 0.254 e. The van der Waals surface area contributed by atoms with Gasteiger partial charge in [0.25, 0.3) is 5.91 Å². The Balaban J connectivity index is 2.14. The van der Waals surface area contributed by atoms with E-state index in [2.05, 4.69) is 18.7 Å². The SMILES string of the molecule is COc1cc(C(=O)N(C)C2CCN(C(C)C)CC2)cc(OC)c1C. The summed E-state index contributed by atoms with van der Waals surface area (Å²) in [5.41, 5.74) is 1.52. The largest absolute Gasteiger partial charge is 0.496 e. The fraction of sp³-hybridized carbons (Fsp3) is 0.632. The van der Waals surface area contributed by atoms with E-state index in [1.54, 1.807) is 26.4 Å². The molecule has 1 amide bonds. The number of piperidine rings is 1. The van der Waals surface area contributed by atoms with Crippen LogP contribution >= 0.6 is 0 Å². The van der Waals surface area contributed by atoms with Gasteiger partial charge in [-0.3, -0.25) is 4.79 Å². The number of ether oxygens (including phenoxy) is 2. The van der Waals surface area contributed by atoms with Crippen LogP contribution in [0.25, 0.3) is 0 Å². The monoisotopic (exact) mass is 334 g/mol. The van der Waals surface area contributed by atoms with E-state index in [0.717, 1.165) is 31.5 Å². The summed E-state index contributed by atoms with van der Waals surface area (Å²) >= 11 is 0. The van der Waals surface area contributed by atoms with Gasteiger partial charge in [-0.05, 0) is 45.7 Å². The third kappa shape index (κ3) is 3.83. The Kier molecular flexibility index (Phi) is 6.10. The highest BCUT2D eigenvalue weighted by atomic mass is 16.5. The van der Waals surface area contributed by atoms with E-state index in [1.165, 1.54) is 0 Å². The molecule has 134 valence electrons. The van der Waals surface area contributed by atoms with E-state index in [-0.39, 0.29) is 11.9 Å². The van der Waals surface area contributed by atoms with Gasteiger partial charge in [-0.15, -0.1) is 0 Å². The third-order valence-corrected chi connectivity index (χ3v) is 5.10. The molecule has 0 bridgehead atoms. The lowest BCUT2D eigenvalue weighted by Crippen LogP contribution is -2.47. The van der Waals surface area contributed by atoms with Gasteiger partial charge < -0.3 is 19.3 Å². The molecule has 0 radical (unpaired) electrons. The predicted molar refractivity (Wildman–Crippen MR) is 96.1 cm³/mol. The van der Waals surface area contributed by atoms with Gasteiger partial charge in [0.05, 0.1) is 14.2 Å². The zero-order chi connectivity index (χ0) is 17.9. The molecule has 0 atom stereocenters. The van der Waals surface area contributed by atoms with Crippen LogP contribution in [0, 0.1) is 6.92 Å². The van der Waals surface area contributed by atoms with E-state index in [9.17, 15) is 4.79 Å². The molecular formula is C19H30N2O3. The molecule has 1 aromatic carbocycles. The van der Waals surface area contributed by atoms with Gasteiger partial charge in [-0.1, -0.05) is 0 Å². The van der Waals surface area contributed by atoms with Crippen molar-refractivity contribution in [1.29, 1.82) is 0 Å². The molecule has 0 aliphatic carbocycles. The Morgan fingerprint density at radius 3 is 2.08 bits per heavy atom. The third-order valence-electron chi connectivity index (χ3n) is 5.10. The van der Waals surface area contributed by atoms with Crippen LogP contribution in [0.3, 0.4) is 0 Å². The molecular weight excluding hydrogens is 304 g/mol. The van der Waals surface area contributed by atoms with E-state index in [0.29, 0.717) is 23.1 Å². The predicted octanol–water partition coefficient (Wildman–Crippen LogP) is 2.96. The second-order valence-electron chi connectivity index (χ2n) is 6.78. The molecule has 24 heavy (non-hydrogen) atoms. The number of nitrogens with zero attached hydrogens (tertiary/aromatic N) is 2. The molecule has 5 nitrogen and oxygen atoms in total. The minimum Gasteiger partial charge on any atom is -0.496 e. The number of amides is 1. The fourth-order valence-electron chi connectivity index (χ4n) is 3.37. The number of methoxy groups -OCH3 is 2. The summed E-state index contributed by atoms with van der Waals surface area (Å²) < 4.78 is 10.8. The summed E-state index contributed by atoms with van der Waals surface area (Å²) in [4.78, 5) is 17.2. The Morgan fingerprint density at radius 1 is 1.17 bits per heavy atom. The first-order chi connectivity index (χ1) is 11.4. The van der Waals surface area contributed by atoms with Crippen LogP contribution in [0.5, 0.6) is 11.5 Å². The summed E-state index contributed by atoms with van der Waals surface area (Å²) in [6, 6.07) is 4.46. The van der Waals surface area contributed by atoms with Gasteiger partial charge >= 0.3 is 0 Å². The molecule has 1 aromatic rings. The highest BCUT2D eigenvalue weighted by molar-refractivity contribution is 5.95. The molecule has 0 aromatic heterocycles. The Labute approximate surface area is 145 Å². The number of carbonyl (C=O) groups excluding carboxylic acids is 1. The van der Waals surface area contributed by atoms with Crippen LogP contribution in [0.1, 0.15) is 42.6 Å². The fourth-order valence-corrected chi connectivity index (χ4v) is 3.37. The lowest BCUT2D eigenvalue weighted by Gasteiger charge is -2.38. The topological polar surface area (TPSA) is 42.0 Å². The highest BCUT2D eigenvalue weighted by Gasteiger charge is 2.27. The number of likely N-dealkylation sites (tertiary alicyclic amines) is 1. The van der Waals surface area contributed by atoms with Crippen LogP contribution in [0.15, 0.2) is 12.1 Å². The summed E-state index contributed by atoms with van der Waals surface area (Å²) in [6.45, 7) is 8.46. The minimum atomic E-state index is 0.0228. The molecule has 2 rings (SSSR count). The molecule has 1 aliphatic rings. The lowest BCUT2D eigenvalue weighted by atomic mass is 10.0. The first-order valence-electron chi connectivity index (χ1n) is 8.62. The van der Waals surface area contributed by atoms with Crippen LogP contribution in [-0.4, -0.2) is 62.1 Å². The van der Waals surface area contributed by atoms with Gasteiger partial charge in [0, 0.05) is 43.3 Å². The Bertz CT molecular complexity index is 553. The summed E-state index contributed by atoms with van der Waals surface area (Å²) in [5.74, 6) is 1.39. The van der Waals surface area contributed by atoms with Crippen LogP contribution < -0.4 is 9.47 Å². The average molecular weight is 334 g/mol. The van der Waals surface area contributed by atoms with Gasteiger partial charge in [0.1, 0.15) is 11.5 Å². The van der Waals surface area contributed by atoms with Crippen LogP contribution in [0.2, 0.25) is 0 Å². The molecule has 0 unspecified atom stereocenters. The maximum atomic E-state index is 12.9. The number of carbonyl (C=O) groups is 1. The van der Waals surface area contributed by atoms with Crippen molar-refractivity contribution >= 4 is 5.91 Å². The van der Waals surface area contributed by atoms with Crippen molar-refractivity contribution in [2.75, 3.05) is 34.4 Å². The van der Waals surface area contributed by atoms with Crippen molar-refractivity contribution in [2.45, 2.75) is 45.7 Å². The van der Waals surface area contributed by atoms with Crippen molar-refractivity contribution in [1.82, 2.24) is 9.80 Å². The normalized spacial score (nSPS) is 16.3. The molecule has 1 saturated heterocycles. The van der Waals surface area contributed by atoms with Gasteiger partial charge in [-0.25, -0.2) is 0 Å². The van der Waals surface area contributed by atoms with Crippen LogP contribution in [0.4, 0.5) is 0 Å². The van der Waals surface area contributed by atoms with Crippen molar-refractivity contribution < 1.29 is 14.3 Å². The van der Waals surface area contributed by atoms with Crippen molar-refractivity contribution in [2.24, 2.45) is 0 Å². The lowest BCUT2D eigenvalue weighted by molar-refractivity contribution is 0.0614. The summed E-state index contributed by atoms with van der Waals surface area (Å²) in [7, 11) is 5.12. The van der Waals surface area contributed by atoms with E-state index >= 15 is 0 Å². The van der Waals surface area contributed by atoms with Crippen LogP contribution in [-0.2, 0) is 0 Å². The van der Waals surface area contributed by atoms with Gasteiger partial charge in [0.15, 0.2) is 0 Å². The van der Waals surface area contributed by atoms with E-state index in [4.69, 9.17) is 9.47 Å². The molecule has 5 heteroatoms. The zero-order valence-corrected chi connectivity index (χ0v) is 15.8. The number of hydrogen-bond acceptors (Lipinski definition) is 4. The molecule has 0 saturated carbocycles. The highest BCUT2D eigenvalue weighted by Crippen LogP contribution is 2.30. The molecule has 0 spiro atoms. The van der Waals surface area contributed by atoms with Crippen molar-refractivity contribution in [3.8, 4) is 11.5 Å². The number of rotatable bonds is 5. The number of benzene rings is 1. The Morgan fingerprint density at radius 2 is 1.67 bits per heavy atom. The Hall–Kier alpha value is -1.75. The minimum absolute atomic E-state index is 0.0228.